The largest absolute Gasteiger partial charge is 0.330 e. The number of Topliss-reactive ketones (excluding diaryl/α,β-unsaturated/α-hetero) is 1. The topological polar surface area (TPSA) is 43.1 Å². The van der Waals surface area contributed by atoms with Crippen LogP contribution in [0.3, 0.4) is 0 Å². The lowest BCUT2D eigenvalue weighted by molar-refractivity contribution is -0.121. The molecule has 0 saturated carbocycles. The Balaban J connectivity index is 2.50. The van der Waals surface area contributed by atoms with Gasteiger partial charge in [-0.2, -0.15) is 0 Å². The SMILES string of the molecule is CCc1ccc(CC(=O)C(C)CCN)s1. The maximum absolute atomic E-state index is 11.8. The zero-order valence-corrected chi connectivity index (χ0v) is 10.3. The second kappa shape index (κ2) is 6.03. The van der Waals surface area contributed by atoms with Gasteiger partial charge in [0, 0.05) is 22.1 Å². The summed E-state index contributed by atoms with van der Waals surface area (Å²) in [6.07, 6.45) is 2.42. The van der Waals surface area contributed by atoms with Gasteiger partial charge in [-0.1, -0.05) is 13.8 Å². The second-order valence-electron chi connectivity index (χ2n) is 3.84. The molecule has 0 radical (unpaired) electrons. The molecule has 3 heteroatoms. The molecule has 1 unspecified atom stereocenters. The van der Waals surface area contributed by atoms with Crippen molar-refractivity contribution in [3.63, 3.8) is 0 Å². The van der Waals surface area contributed by atoms with E-state index in [0.29, 0.717) is 18.7 Å². The molecule has 84 valence electrons. The number of carbonyl (C=O) groups excluding carboxylic acids is 1. The maximum Gasteiger partial charge on any atom is 0.140 e. The molecule has 1 rings (SSSR count). The van der Waals surface area contributed by atoms with E-state index < -0.39 is 0 Å². The summed E-state index contributed by atoms with van der Waals surface area (Å²) in [5.74, 6) is 0.409. The number of nitrogens with two attached hydrogens (primary N) is 1. The van der Waals surface area contributed by atoms with Crippen LogP contribution in [0.2, 0.25) is 0 Å². The Labute approximate surface area is 95.5 Å². The molecule has 0 aliphatic carbocycles. The molecule has 15 heavy (non-hydrogen) atoms. The molecule has 1 aromatic rings. The summed E-state index contributed by atoms with van der Waals surface area (Å²) in [6.45, 7) is 4.69. The molecule has 1 atom stereocenters. The van der Waals surface area contributed by atoms with Crippen molar-refractivity contribution in [3.8, 4) is 0 Å². The average molecular weight is 225 g/mol. The summed E-state index contributed by atoms with van der Waals surface area (Å²) in [6, 6.07) is 4.18. The van der Waals surface area contributed by atoms with Crippen molar-refractivity contribution in [1.82, 2.24) is 0 Å². The van der Waals surface area contributed by atoms with Crippen molar-refractivity contribution in [2.45, 2.75) is 33.1 Å². The smallest absolute Gasteiger partial charge is 0.140 e. The maximum atomic E-state index is 11.8. The van der Waals surface area contributed by atoms with Gasteiger partial charge < -0.3 is 5.73 Å². The van der Waals surface area contributed by atoms with Crippen molar-refractivity contribution >= 4 is 17.1 Å². The highest BCUT2D eigenvalue weighted by atomic mass is 32.1. The Morgan fingerprint density at radius 1 is 1.47 bits per heavy atom. The van der Waals surface area contributed by atoms with Crippen LogP contribution >= 0.6 is 11.3 Å². The summed E-state index contributed by atoms with van der Waals surface area (Å²) < 4.78 is 0. The summed E-state index contributed by atoms with van der Waals surface area (Å²) in [7, 11) is 0. The quantitative estimate of drug-likeness (QED) is 0.808. The van der Waals surface area contributed by atoms with Crippen LogP contribution in [0.4, 0.5) is 0 Å². The highest BCUT2D eigenvalue weighted by Gasteiger charge is 2.13. The molecule has 0 saturated heterocycles. The van der Waals surface area contributed by atoms with Gasteiger partial charge in [0.25, 0.3) is 0 Å². The molecule has 0 fully saturated rings. The summed E-state index contributed by atoms with van der Waals surface area (Å²) in [5, 5.41) is 0. The summed E-state index contributed by atoms with van der Waals surface area (Å²) in [5.41, 5.74) is 5.44. The van der Waals surface area contributed by atoms with Gasteiger partial charge >= 0.3 is 0 Å². The molecule has 0 spiro atoms. The molecule has 2 N–H and O–H groups in total. The van der Waals surface area contributed by atoms with E-state index >= 15 is 0 Å². The fourth-order valence-corrected chi connectivity index (χ4v) is 2.43. The summed E-state index contributed by atoms with van der Waals surface area (Å²) in [4.78, 5) is 14.3. The van der Waals surface area contributed by atoms with E-state index in [1.165, 1.54) is 9.75 Å². The molecule has 0 aliphatic rings. The number of ketones is 1. The number of hydrogen-bond acceptors (Lipinski definition) is 3. The van der Waals surface area contributed by atoms with Crippen molar-refractivity contribution in [2.24, 2.45) is 11.7 Å². The van der Waals surface area contributed by atoms with Crippen LogP contribution in [0.1, 0.15) is 30.0 Å². The van der Waals surface area contributed by atoms with E-state index in [9.17, 15) is 4.79 Å². The molecule has 0 aliphatic heterocycles. The van der Waals surface area contributed by atoms with Gasteiger partial charge in [0.15, 0.2) is 0 Å². The van der Waals surface area contributed by atoms with E-state index in [1.54, 1.807) is 11.3 Å². The van der Waals surface area contributed by atoms with Crippen LogP contribution in [0, 0.1) is 5.92 Å². The molecule has 0 aromatic carbocycles. The fourth-order valence-electron chi connectivity index (χ4n) is 1.46. The lowest BCUT2D eigenvalue weighted by atomic mass is 10.00. The van der Waals surface area contributed by atoms with Crippen molar-refractivity contribution < 1.29 is 4.79 Å². The number of rotatable bonds is 6. The van der Waals surface area contributed by atoms with Gasteiger partial charge in [-0.05, 0) is 31.5 Å². The first kappa shape index (κ1) is 12.4. The Morgan fingerprint density at radius 2 is 2.13 bits per heavy atom. The third-order valence-corrected chi connectivity index (χ3v) is 3.79. The fraction of sp³-hybridized carbons (Fsp3) is 0.583. The van der Waals surface area contributed by atoms with Crippen LogP contribution in [-0.4, -0.2) is 12.3 Å². The normalized spacial score (nSPS) is 12.7. The van der Waals surface area contributed by atoms with Gasteiger partial charge in [0.05, 0.1) is 0 Å². The zero-order valence-electron chi connectivity index (χ0n) is 9.45. The van der Waals surface area contributed by atoms with Crippen LogP contribution in [0.15, 0.2) is 12.1 Å². The van der Waals surface area contributed by atoms with E-state index in [1.807, 2.05) is 6.92 Å². The van der Waals surface area contributed by atoms with Crippen molar-refractivity contribution in [2.75, 3.05) is 6.54 Å². The molecule has 0 amide bonds. The van der Waals surface area contributed by atoms with Crippen LogP contribution in [0.5, 0.6) is 0 Å². The van der Waals surface area contributed by atoms with Crippen molar-refractivity contribution in [3.05, 3.63) is 21.9 Å². The minimum absolute atomic E-state index is 0.0992. The summed E-state index contributed by atoms with van der Waals surface area (Å²) >= 11 is 1.74. The number of thiophene rings is 1. The third-order valence-electron chi connectivity index (χ3n) is 2.56. The third kappa shape index (κ3) is 3.76. The minimum atomic E-state index is 0.0992. The molecule has 2 nitrogen and oxygen atoms in total. The van der Waals surface area contributed by atoms with E-state index in [-0.39, 0.29) is 5.92 Å². The first-order chi connectivity index (χ1) is 7.17. The lowest BCUT2D eigenvalue weighted by Gasteiger charge is -2.07. The second-order valence-corrected chi connectivity index (χ2v) is 5.10. The Morgan fingerprint density at radius 3 is 2.67 bits per heavy atom. The van der Waals surface area contributed by atoms with Crippen LogP contribution in [-0.2, 0) is 17.6 Å². The van der Waals surface area contributed by atoms with Crippen LogP contribution < -0.4 is 5.73 Å². The van der Waals surface area contributed by atoms with Gasteiger partial charge in [-0.25, -0.2) is 0 Å². The van der Waals surface area contributed by atoms with Gasteiger partial charge in [0.2, 0.25) is 0 Å². The molecule has 0 bridgehead atoms. The van der Waals surface area contributed by atoms with E-state index in [4.69, 9.17) is 5.73 Å². The number of aryl methyl sites for hydroxylation is 1. The average Bonchev–Trinajstić information content (AvgIpc) is 2.66. The molecular formula is C12H19NOS. The predicted octanol–water partition coefficient (Wildman–Crippen LogP) is 2.41. The Bertz CT molecular complexity index is 319. The monoisotopic (exact) mass is 225 g/mol. The van der Waals surface area contributed by atoms with Crippen LogP contribution in [0.25, 0.3) is 0 Å². The first-order valence-corrected chi connectivity index (χ1v) is 6.29. The predicted molar refractivity (Wildman–Crippen MR) is 65.2 cm³/mol. The number of hydrogen-bond donors (Lipinski definition) is 1. The number of carbonyl (C=O) groups is 1. The minimum Gasteiger partial charge on any atom is -0.330 e. The molecular weight excluding hydrogens is 206 g/mol. The first-order valence-electron chi connectivity index (χ1n) is 5.47. The Kier molecular flexibility index (Phi) is 4.99. The van der Waals surface area contributed by atoms with Gasteiger partial charge in [-0.15, -0.1) is 11.3 Å². The molecule has 1 heterocycles. The van der Waals surface area contributed by atoms with Crippen molar-refractivity contribution in [1.29, 1.82) is 0 Å². The Hall–Kier alpha value is -0.670. The van der Waals surface area contributed by atoms with E-state index in [0.717, 1.165) is 12.8 Å². The standard InChI is InChI=1S/C12H19NOS/c1-3-10-4-5-11(15-10)8-12(14)9(2)6-7-13/h4-5,9H,3,6-8,13H2,1-2H3. The zero-order chi connectivity index (χ0) is 11.3. The highest BCUT2D eigenvalue weighted by Crippen LogP contribution is 2.19. The molecule has 1 aromatic heterocycles. The van der Waals surface area contributed by atoms with Gasteiger partial charge in [-0.3, -0.25) is 4.79 Å². The highest BCUT2D eigenvalue weighted by molar-refractivity contribution is 7.12. The lowest BCUT2D eigenvalue weighted by Crippen LogP contribution is -2.16. The van der Waals surface area contributed by atoms with Gasteiger partial charge in [0.1, 0.15) is 5.78 Å². The van der Waals surface area contributed by atoms with E-state index in [2.05, 4.69) is 19.1 Å².